The van der Waals surface area contributed by atoms with Crippen molar-refractivity contribution in [3.63, 3.8) is 0 Å². The highest BCUT2D eigenvalue weighted by Gasteiger charge is 2.16. The highest BCUT2D eigenvalue weighted by Crippen LogP contribution is 2.17. The van der Waals surface area contributed by atoms with Gasteiger partial charge in [0.25, 0.3) is 0 Å². The molecule has 0 aliphatic heterocycles. The Morgan fingerprint density at radius 2 is 2.17 bits per heavy atom. The quantitative estimate of drug-likeness (QED) is 0.490. The van der Waals surface area contributed by atoms with E-state index < -0.39 is 5.76 Å². The molecule has 23 heavy (non-hydrogen) atoms. The molecule has 0 fully saturated rings. The second-order valence-corrected chi connectivity index (χ2v) is 6.60. The molecule has 118 valence electrons. The molecule has 0 amide bonds. The molecule has 0 saturated carbocycles. The van der Waals surface area contributed by atoms with Gasteiger partial charge in [-0.2, -0.15) is 9.72 Å². The maximum Gasteiger partial charge on any atom is 0.460 e. The number of benzene rings is 1. The van der Waals surface area contributed by atoms with Crippen LogP contribution in [0.5, 0.6) is 0 Å². The molecule has 0 aliphatic rings. The van der Waals surface area contributed by atoms with Gasteiger partial charge in [0, 0.05) is 18.0 Å². The number of rotatable bonds is 5. The Bertz CT molecular complexity index is 885. The number of nitrogens with zero attached hydrogens (tertiary/aromatic N) is 4. The van der Waals surface area contributed by atoms with Gasteiger partial charge in [0.1, 0.15) is 0 Å². The minimum absolute atomic E-state index is 0.213. The lowest BCUT2D eigenvalue weighted by Crippen LogP contribution is -2.11. The third-order valence-corrected chi connectivity index (χ3v) is 4.28. The molecule has 0 saturated heterocycles. The minimum atomic E-state index is -0.686. The van der Waals surface area contributed by atoms with Crippen molar-refractivity contribution < 1.29 is 9.36 Å². The zero-order valence-corrected chi connectivity index (χ0v) is 14.4. The van der Waals surface area contributed by atoms with E-state index in [1.54, 1.807) is 7.05 Å². The molecule has 0 unspecified atom stereocenters. The van der Waals surface area contributed by atoms with Crippen LogP contribution in [0, 0.1) is 0 Å². The Labute approximate surface area is 143 Å². The minimum Gasteiger partial charge on any atom is -0.389 e. The molecule has 7 nitrogen and oxygen atoms in total. The summed E-state index contributed by atoms with van der Waals surface area (Å²) in [6, 6.07) is 9.30. The SMILES string of the molecule is Cn1oc(=O)nc1/C(=N\OCc1csc(Br)n1)c1ccccc1. The van der Waals surface area contributed by atoms with Crippen LogP contribution in [0.1, 0.15) is 17.1 Å². The van der Waals surface area contributed by atoms with Crippen molar-refractivity contribution in [3.05, 3.63) is 67.3 Å². The van der Waals surface area contributed by atoms with Crippen molar-refractivity contribution in [2.45, 2.75) is 6.61 Å². The number of aromatic nitrogens is 3. The van der Waals surface area contributed by atoms with E-state index in [-0.39, 0.29) is 6.61 Å². The van der Waals surface area contributed by atoms with Crippen molar-refractivity contribution in [2.75, 3.05) is 0 Å². The van der Waals surface area contributed by atoms with E-state index in [2.05, 4.69) is 31.1 Å². The van der Waals surface area contributed by atoms with Crippen LogP contribution in [-0.4, -0.2) is 20.4 Å². The first kappa shape index (κ1) is 15.6. The first-order valence-electron chi connectivity index (χ1n) is 6.53. The molecular formula is C14H11BrN4O3S. The lowest BCUT2D eigenvalue weighted by Gasteiger charge is -2.05. The summed E-state index contributed by atoms with van der Waals surface area (Å²) in [7, 11) is 1.58. The molecular weight excluding hydrogens is 384 g/mol. The van der Waals surface area contributed by atoms with Crippen molar-refractivity contribution in [2.24, 2.45) is 12.2 Å². The molecule has 1 aromatic carbocycles. The summed E-state index contributed by atoms with van der Waals surface area (Å²) >= 11 is 4.76. The molecule has 0 bridgehead atoms. The van der Waals surface area contributed by atoms with Gasteiger partial charge >= 0.3 is 5.76 Å². The first-order chi connectivity index (χ1) is 11.1. The van der Waals surface area contributed by atoms with Crippen LogP contribution in [0.25, 0.3) is 0 Å². The topological polar surface area (TPSA) is 82.5 Å². The normalized spacial score (nSPS) is 11.7. The van der Waals surface area contributed by atoms with Crippen molar-refractivity contribution >= 4 is 33.0 Å². The van der Waals surface area contributed by atoms with Gasteiger partial charge in [-0.05, 0) is 15.9 Å². The van der Waals surface area contributed by atoms with Crippen molar-refractivity contribution in [1.82, 2.24) is 14.7 Å². The maximum atomic E-state index is 11.3. The molecule has 0 aliphatic carbocycles. The van der Waals surface area contributed by atoms with Gasteiger partial charge in [0.05, 0.1) is 5.69 Å². The number of thiazole rings is 1. The van der Waals surface area contributed by atoms with Crippen LogP contribution in [-0.2, 0) is 18.5 Å². The third-order valence-electron chi connectivity index (χ3n) is 2.86. The number of oxime groups is 1. The zero-order chi connectivity index (χ0) is 16.2. The Morgan fingerprint density at radius 1 is 1.39 bits per heavy atom. The van der Waals surface area contributed by atoms with Crippen LogP contribution in [0.4, 0.5) is 0 Å². The fourth-order valence-corrected chi connectivity index (χ4v) is 2.90. The molecule has 0 spiro atoms. The molecule has 3 rings (SSSR count). The second-order valence-electron chi connectivity index (χ2n) is 4.46. The Kier molecular flexibility index (Phi) is 4.68. The lowest BCUT2D eigenvalue weighted by atomic mass is 10.1. The molecule has 2 aromatic heterocycles. The maximum absolute atomic E-state index is 11.3. The van der Waals surface area contributed by atoms with Gasteiger partial charge < -0.3 is 9.36 Å². The van der Waals surface area contributed by atoms with E-state index in [4.69, 9.17) is 9.36 Å². The third kappa shape index (κ3) is 3.74. The summed E-state index contributed by atoms with van der Waals surface area (Å²) in [5, 5.41) is 6.00. The van der Waals surface area contributed by atoms with Gasteiger partial charge in [-0.1, -0.05) is 35.5 Å². The summed E-state index contributed by atoms with van der Waals surface area (Å²) in [5.74, 6) is -0.393. The standard InChI is InChI=1S/C14H11BrN4O3S/c1-19-12(17-14(20)22-19)11(9-5-3-2-4-6-9)18-21-7-10-8-23-13(15)16-10/h2-6,8H,7H2,1H3/b18-11-. The average molecular weight is 395 g/mol. The van der Waals surface area contributed by atoms with E-state index >= 15 is 0 Å². The van der Waals surface area contributed by atoms with Gasteiger partial charge in [-0.15, -0.1) is 11.3 Å². The monoisotopic (exact) mass is 394 g/mol. The Morgan fingerprint density at radius 3 is 2.78 bits per heavy atom. The molecule has 9 heteroatoms. The lowest BCUT2D eigenvalue weighted by molar-refractivity contribution is 0.128. The van der Waals surface area contributed by atoms with Gasteiger partial charge in [-0.3, -0.25) is 0 Å². The smallest absolute Gasteiger partial charge is 0.389 e. The van der Waals surface area contributed by atoms with Gasteiger partial charge in [0.15, 0.2) is 22.1 Å². The van der Waals surface area contributed by atoms with Crippen LogP contribution < -0.4 is 5.76 Å². The molecule has 2 heterocycles. The van der Waals surface area contributed by atoms with E-state index in [0.29, 0.717) is 11.5 Å². The average Bonchev–Trinajstić information content (AvgIpc) is 3.10. The Hall–Kier alpha value is -2.26. The number of hydrogen-bond acceptors (Lipinski definition) is 7. The van der Waals surface area contributed by atoms with Crippen LogP contribution in [0.15, 0.2) is 54.1 Å². The number of halogens is 1. The van der Waals surface area contributed by atoms with E-state index in [0.717, 1.165) is 15.2 Å². The van der Waals surface area contributed by atoms with Crippen LogP contribution in [0.3, 0.4) is 0 Å². The summed E-state index contributed by atoms with van der Waals surface area (Å²) in [4.78, 5) is 24.8. The van der Waals surface area contributed by atoms with E-state index in [9.17, 15) is 4.79 Å². The van der Waals surface area contributed by atoms with Crippen molar-refractivity contribution in [1.29, 1.82) is 0 Å². The predicted octanol–water partition coefficient (Wildman–Crippen LogP) is 2.56. The fraction of sp³-hybridized carbons (Fsp3) is 0.143. The molecule has 0 N–H and O–H groups in total. The van der Waals surface area contributed by atoms with Gasteiger partial charge in [-0.25, -0.2) is 9.78 Å². The predicted molar refractivity (Wildman–Crippen MR) is 88.4 cm³/mol. The Balaban J connectivity index is 1.90. The highest BCUT2D eigenvalue weighted by atomic mass is 79.9. The molecule has 3 aromatic rings. The first-order valence-corrected chi connectivity index (χ1v) is 8.21. The highest BCUT2D eigenvalue weighted by molar-refractivity contribution is 9.11. The zero-order valence-electron chi connectivity index (χ0n) is 12.0. The fourth-order valence-electron chi connectivity index (χ4n) is 1.87. The number of hydrogen-bond donors (Lipinski definition) is 0. The largest absolute Gasteiger partial charge is 0.460 e. The van der Waals surface area contributed by atoms with Crippen LogP contribution >= 0.6 is 27.3 Å². The van der Waals surface area contributed by atoms with Crippen LogP contribution in [0.2, 0.25) is 0 Å². The van der Waals surface area contributed by atoms with Gasteiger partial charge in [0.2, 0.25) is 0 Å². The summed E-state index contributed by atoms with van der Waals surface area (Å²) in [6.45, 7) is 0.213. The summed E-state index contributed by atoms with van der Waals surface area (Å²) < 4.78 is 6.92. The van der Waals surface area contributed by atoms with E-state index in [1.807, 2.05) is 35.7 Å². The molecule has 0 radical (unpaired) electrons. The second kappa shape index (κ2) is 6.88. The summed E-state index contributed by atoms with van der Waals surface area (Å²) in [6.07, 6.45) is 0. The number of aryl methyl sites for hydroxylation is 1. The van der Waals surface area contributed by atoms with E-state index in [1.165, 1.54) is 16.1 Å². The molecule has 0 atom stereocenters. The summed E-state index contributed by atoms with van der Waals surface area (Å²) in [5.41, 5.74) is 1.93. The van der Waals surface area contributed by atoms with Crippen molar-refractivity contribution in [3.8, 4) is 0 Å².